The lowest BCUT2D eigenvalue weighted by molar-refractivity contribution is -0.136. The number of amides is 1. The normalized spacial score (nSPS) is 37.0. The van der Waals surface area contributed by atoms with Gasteiger partial charge in [-0.05, 0) is 50.5 Å². The summed E-state index contributed by atoms with van der Waals surface area (Å²) in [4.78, 5) is 14.5. The average molecular weight is 236 g/mol. The second-order valence-electron chi connectivity index (χ2n) is 6.08. The zero-order valence-electron chi connectivity index (χ0n) is 10.8. The summed E-state index contributed by atoms with van der Waals surface area (Å²) >= 11 is 0. The Morgan fingerprint density at radius 1 is 1.18 bits per heavy atom. The van der Waals surface area contributed by atoms with Crippen LogP contribution in [0.1, 0.15) is 39.0 Å². The lowest BCUT2D eigenvalue weighted by atomic mass is 9.98. The molecule has 2 atom stereocenters. The van der Waals surface area contributed by atoms with Gasteiger partial charge in [-0.2, -0.15) is 0 Å². The van der Waals surface area contributed by atoms with Crippen LogP contribution in [-0.2, 0) is 4.79 Å². The Bertz CT molecular complexity index is 287. The van der Waals surface area contributed by atoms with Crippen LogP contribution >= 0.6 is 0 Å². The van der Waals surface area contributed by atoms with Gasteiger partial charge in [0.25, 0.3) is 0 Å². The Labute approximate surface area is 104 Å². The number of piperidine rings is 1. The fraction of sp³-hybridized carbons (Fsp3) is 0.929. The molecular formula is C14H24N2O. The second-order valence-corrected chi connectivity index (χ2v) is 6.08. The fourth-order valence-corrected chi connectivity index (χ4v) is 3.77. The van der Waals surface area contributed by atoms with Crippen molar-refractivity contribution in [3.63, 3.8) is 0 Å². The molecular weight excluding hydrogens is 212 g/mol. The zero-order valence-corrected chi connectivity index (χ0v) is 10.8. The van der Waals surface area contributed by atoms with Crippen molar-refractivity contribution in [2.24, 2.45) is 17.8 Å². The topological polar surface area (TPSA) is 32.3 Å². The molecule has 96 valence electrons. The average Bonchev–Trinajstić information content (AvgIpc) is 2.97. The third-order valence-corrected chi connectivity index (χ3v) is 4.89. The van der Waals surface area contributed by atoms with Gasteiger partial charge in [0.1, 0.15) is 0 Å². The molecule has 2 unspecified atom stereocenters. The standard InChI is InChI=1S/C14H24N2O/c1-2-15-13-3-5-16(6-4-13)14(17)12-8-10-7-11(10)9-12/h10-13,15H,2-9H2,1H3. The van der Waals surface area contributed by atoms with Crippen molar-refractivity contribution in [1.82, 2.24) is 10.2 Å². The fourth-order valence-electron chi connectivity index (χ4n) is 3.77. The maximum atomic E-state index is 12.3. The molecule has 0 aromatic heterocycles. The SMILES string of the molecule is CCNC1CCN(C(=O)C2CC3CC3C2)CC1. The molecule has 3 heteroatoms. The van der Waals surface area contributed by atoms with Crippen molar-refractivity contribution >= 4 is 5.91 Å². The Hall–Kier alpha value is -0.570. The minimum Gasteiger partial charge on any atom is -0.342 e. The van der Waals surface area contributed by atoms with Crippen LogP contribution < -0.4 is 5.32 Å². The second kappa shape index (κ2) is 4.60. The monoisotopic (exact) mass is 236 g/mol. The van der Waals surface area contributed by atoms with Gasteiger partial charge < -0.3 is 10.2 Å². The van der Waals surface area contributed by atoms with Gasteiger partial charge in [-0.3, -0.25) is 4.79 Å². The molecule has 1 saturated heterocycles. The van der Waals surface area contributed by atoms with Crippen molar-refractivity contribution in [2.45, 2.75) is 45.1 Å². The Kier molecular flexibility index (Phi) is 3.12. The number of rotatable bonds is 3. The van der Waals surface area contributed by atoms with E-state index in [1.54, 1.807) is 0 Å². The molecule has 2 aliphatic carbocycles. The molecule has 0 aromatic rings. The first-order chi connectivity index (χ1) is 8.28. The number of likely N-dealkylation sites (tertiary alicyclic amines) is 1. The van der Waals surface area contributed by atoms with Gasteiger partial charge in [-0.25, -0.2) is 0 Å². The number of nitrogens with zero attached hydrogens (tertiary/aromatic N) is 1. The Morgan fingerprint density at radius 2 is 1.82 bits per heavy atom. The van der Waals surface area contributed by atoms with Gasteiger partial charge in [0, 0.05) is 25.0 Å². The Morgan fingerprint density at radius 3 is 2.41 bits per heavy atom. The van der Waals surface area contributed by atoms with E-state index >= 15 is 0 Å². The highest BCUT2D eigenvalue weighted by Gasteiger charge is 2.48. The maximum absolute atomic E-state index is 12.3. The van der Waals surface area contributed by atoms with Gasteiger partial charge in [-0.1, -0.05) is 6.92 Å². The first-order valence-corrected chi connectivity index (χ1v) is 7.30. The lowest BCUT2D eigenvalue weighted by Gasteiger charge is -2.34. The van der Waals surface area contributed by atoms with E-state index in [1.807, 2.05) is 0 Å². The number of hydrogen-bond donors (Lipinski definition) is 1. The van der Waals surface area contributed by atoms with E-state index in [2.05, 4.69) is 17.1 Å². The summed E-state index contributed by atoms with van der Waals surface area (Å²) in [6, 6.07) is 0.640. The molecule has 1 amide bonds. The van der Waals surface area contributed by atoms with Crippen molar-refractivity contribution in [3.05, 3.63) is 0 Å². The highest BCUT2D eigenvalue weighted by Crippen LogP contribution is 2.54. The van der Waals surface area contributed by atoms with Gasteiger partial charge in [0.15, 0.2) is 0 Å². The summed E-state index contributed by atoms with van der Waals surface area (Å²) in [5.74, 6) is 2.69. The van der Waals surface area contributed by atoms with Gasteiger partial charge in [0.2, 0.25) is 5.91 Å². The van der Waals surface area contributed by atoms with Gasteiger partial charge in [0.05, 0.1) is 0 Å². The summed E-state index contributed by atoms with van der Waals surface area (Å²) < 4.78 is 0. The summed E-state index contributed by atoms with van der Waals surface area (Å²) in [6.45, 7) is 5.15. The number of fused-ring (bicyclic) bond motifs is 1. The molecule has 17 heavy (non-hydrogen) atoms. The van der Waals surface area contributed by atoms with Gasteiger partial charge in [-0.15, -0.1) is 0 Å². The largest absolute Gasteiger partial charge is 0.342 e. The molecule has 3 nitrogen and oxygen atoms in total. The molecule has 3 fully saturated rings. The number of hydrogen-bond acceptors (Lipinski definition) is 2. The van der Waals surface area contributed by atoms with Crippen LogP contribution in [-0.4, -0.2) is 36.5 Å². The maximum Gasteiger partial charge on any atom is 0.225 e. The quantitative estimate of drug-likeness (QED) is 0.808. The third kappa shape index (κ3) is 2.35. The van der Waals surface area contributed by atoms with E-state index in [1.165, 1.54) is 19.3 Å². The number of carbonyl (C=O) groups is 1. The van der Waals surface area contributed by atoms with E-state index in [0.29, 0.717) is 17.9 Å². The number of carbonyl (C=O) groups excluding carboxylic acids is 1. The smallest absolute Gasteiger partial charge is 0.225 e. The minimum atomic E-state index is 0.384. The summed E-state index contributed by atoms with van der Waals surface area (Å²) in [7, 11) is 0. The molecule has 0 spiro atoms. The third-order valence-electron chi connectivity index (χ3n) is 4.89. The van der Waals surface area contributed by atoms with Crippen LogP contribution in [0.5, 0.6) is 0 Å². The van der Waals surface area contributed by atoms with Crippen molar-refractivity contribution in [3.8, 4) is 0 Å². The molecule has 1 N–H and O–H groups in total. The molecule has 0 bridgehead atoms. The van der Waals surface area contributed by atoms with Crippen LogP contribution in [0.2, 0.25) is 0 Å². The van der Waals surface area contributed by atoms with E-state index in [0.717, 1.165) is 44.3 Å². The Balaban J connectivity index is 1.47. The molecule has 0 radical (unpaired) electrons. The van der Waals surface area contributed by atoms with Gasteiger partial charge >= 0.3 is 0 Å². The molecule has 0 aromatic carbocycles. The van der Waals surface area contributed by atoms with E-state index in [4.69, 9.17) is 0 Å². The summed E-state index contributed by atoms with van der Waals surface area (Å²) in [5, 5.41) is 3.49. The van der Waals surface area contributed by atoms with Crippen molar-refractivity contribution < 1.29 is 4.79 Å². The van der Waals surface area contributed by atoms with E-state index in [-0.39, 0.29) is 0 Å². The highest BCUT2D eigenvalue weighted by molar-refractivity contribution is 5.79. The van der Waals surface area contributed by atoms with Crippen molar-refractivity contribution in [1.29, 1.82) is 0 Å². The predicted molar refractivity (Wildman–Crippen MR) is 67.6 cm³/mol. The first kappa shape index (κ1) is 11.5. The predicted octanol–water partition coefficient (Wildman–Crippen LogP) is 1.63. The summed E-state index contributed by atoms with van der Waals surface area (Å²) in [5.41, 5.74) is 0. The molecule has 1 aliphatic heterocycles. The molecule has 3 rings (SSSR count). The minimum absolute atomic E-state index is 0.384. The van der Waals surface area contributed by atoms with Crippen LogP contribution in [0.25, 0.3) is 0 Å². The van der Waals surface area contributed by atoms with E-state index in [9.17, 15) is 4.79 Å². The van der Waals surface area contributed by atoms with Crippen molar-refractivity contribution in [2.75, 3.05) is 19.6 Å². The highest BCUT2D eigenvalue weighted by atomic mass is 16.2. The lowest BCUT2D eigenvalue weighted by Crippen LogP contribution is -2.46. The van der Waals surface area contributed by atoms with Crippen LogP contribution in [0, 0.1) is 17.8 Å². The van der Waals surface area contributed by atoms with E-state index < -0.39 is 0 Å². The summed E-state index contributed by atoms with van der Waals surface area (Å²) in [6.07, 6.45) is 6.07. The van der Waals surface area contributed by atoms with Crippen LogP contribution in [0.15, 0.2) is 0 Å². The van der Waals surface area contributed by atoms with Crippen LogP contribution in [0.3, 0.4) is 0 Å². The first-order valence-electron chi connectivity index (χ1n) is 7.30. The molecule has 1 heterocycles. The van der Waals surface area contributed by atoms with Crippen LogP contribution in [0.4, 0.5) is 0 Å². The molecule has 3 aliphatic rings. The number of nitrogens with one attached hydrogen (secondary N) is 1. The molecule has 2 saturated carbocycles. The zero-order chi connectivity index (χ0) is 11.8.